The van der Waals surface area contributed by atoms with E-state index in [9.17, 15) is 0 Å². The molecular formula is C27H30O3. The van der Waals surface area contributed by atoms with Crippen LogP contribution in [0, 0.1) is 12.8 Å². The van der Waals surface area contributed by atoms with Crippen molar-refractivity contribution < 1.29 is 14.2 Å². The van der Waals surface area contributed by atoms with Crippen LogP contribution in [0.3, 0.4) is 0 Å². The van der Waals surface area contributed by atoms with Crippen LogP contribution in [0.2, 0.25) is 0 Å². The standard InChI is InChI=1S/C27H30O3/c1-5-26(30-25-17-15-24(28-4)16-18-25)21(3)27(23-13-11-20(2)12-14-23)29-19-22-9-7-6-8-10-22/h5-18,21,26-27H,1,19H2,2-4H3/t21-,26-,27-/m1/s1. The van der Waals surface area contributed by atoms with Crippen LogP contribution >= 0.6 is 0 Å². The van der Waals surface area contributed by atoms with Crippen LogP contribution in [0.15, 0.2) is 91.5 Å². The van der Waals surface area contributed by atoms with Gasteiger partial charge in [-0.2, -0.15) is 0 Å². The van der Waals surface area contributed by atoms with Crippen molar-refractivity contribution in [3.63, 3.8) is 0 Å². The Morgan fingerprint density at radius 1 is 0.867 bits per heavy atom. The lowest BCUT2D eigenvalue weighted by molar-refractivity contribution is -0.0229. The van der Waals surface area contributed by atoms with Gasteiger partial charge in [0.05, 0.1) is 19.8 Å². The highest BCUT2D eigenvalue weighted by molar-refractivity contribution is 5.32. The van der Waals surface area contributed by atoms with Crippen molar-refractivity contribution in [2.75, 3.05) is 7.11 Å². The Kier molecular flexibility index (Phi) is 7.69. The topological polar surface area (TPSA) is 27.7 Å². The molecule has 0 bridgehead atoms. The zero-order valence-corrected chi connectivity index (χ0v) is 18.0. The fraction of sp³-hybridized carbons (Fsp3) is 0.259. The van der Waals surface area contributed by atoms with Gasteiger partial charge in [-0.15, -0.1) is 0 Å². The van der Waals surface area contributed by atoms with E-state index in [1.54, 1.807) is 7.11 Å². The fourth-order valence-electron chi connectivity index (χ4n) is 3.42. The molecule has 0 amide bonds. The molecule has 0 aliphatic rings. The number of benzene rings is 3. The molecule has 0 aliphatic heterocycles. The minimum absolute atomic E-state index is 0.0519. The highest BCUT2D eigenvalue weighted by atomic mass is 16.5. The van der Waals surface area contributed by atoms with Gasteiger partial charge in [0.15, 0.2) is 0 Å². The van der Waals surface area contributed by atoms with Crippen molar-refractivity contribution in [2.45, 2.75) is 32.7 Å². The van der Waals surface area contributed by atoms with Gasteiger partial charge in [0.2, 0.25) is 0 Å². The molecule has 0 radical (unpaired) electrons. The summed E-state index contributed by atoms with van der Waals surface area (Å²) in [6.07, 6.45) is 1.51. The Bertz CT molecular complexity index is 901. The Labute approximate surface area is 179 Å². The molecule has 3 nitrogen and oxygen atoms in total. The summed E-state index contributed by atoms with van der Waals surface area (Å²) in [6, 6.07) is 26.3. The smallest absolute Gasteiger partial charge is 0.122 e. The van der Waals surface area contributed by atoms with Gasteiger partial charge in [-0.05, 0) is 42.3 Å². The third-order valence-corrected chi connectivity index (χ3v) is 5.24. The second kappa shape index (κ2) is 10.7. The predicted octanol–water partition coefficient (Wildman–Crippen LogP) is 6.53. The van der Waals surface area contributed by atoms with E-state index in [0.29, 0.717) is 6.61 Å². The second-order valence-electron chi connectivity index (χ2n) is 7.48. The normalized spacial score (nSPS) is 13.8. The van der Waals surface area contributed by atoms with Gasteiger partial charge < -0.3 is 14.2 Å². The van der Waals surface area contributed by atoms with Crippen molar-refractivity contribution in [2.24, 2.45) is 5.92 Å². The maximum Gasteiger partial charge on any atom is 0.122 e. The first kappa shape index (κ1) is 21.7. The molecular weight excluding hydrogens is 372 g/mol. The minimum atomic E-state index is -0.208. The van der Waals surface area contributed by atoms with Crippen LogP contribution in [-0.2, 0) is 11.3 Å². The predicted molar refractivity (Wildman–Crippen MR) is 122 cm³/mol. The molecule has 0 saturated heterocycles. The average Bonchev–Trinajstić information content (AvgIpc) is 2.79. The Morgan fingerprint density at radius 2 is 1.50 bits per heavy atom. The maximum atomic E-state index is 6.43. The van der Waals surface area contributed by atoms with E-state index >= 15 is 0 Å². The van der Waals surface area contributed by atoms with Crippen LogP contribution in [0.5, 0.6) is 11.5 Å². The number of ether oxygens (including phenoxy) is 3. The lowest BCUT2D eigenvalue weighted by Gasteiger charge is -2.30. The molecule has 0 aromatic heterocycles. The molecule has 0 saturated carbocycles. The first-order valence-electron chi connectivity index (χ1n) is 10.3. The zero-order chi connectivity index (χ0) is 21.3. The molecule has 3 atom stereocenters. The quantitative estimate of drug-likeness (QED) is 0.361. The zero-order valence-electron chi connectivity index (χ0n) is 18.0. The van der Waals surface area contributed by atoms with Crippen LogP contribution < -0.4 is 9.47 Å². The van der Waals surface area contributed by atoms with Crippen molar-refractivity contribution in [3.8, 4) is 11.5 Å². The molecule has 0 aliphatic carbocycles. The highest BCUT2D eigenvalue weighted by Crippen LogP contribution is 2.32. The van der Waals surface area contributed by atoms with Crippen LogP contribution in [-0.4, -0.2) is 13.2 Å². The van der Waals surface area contributed by atoms with Crippen LogP contribution in [0.25, 0.3) is 0 Å². The highest BCUT2D eigenvalue weighted by Gasteiger charge is 2.28. The molecule has 30 heavy (non-hydrogen) atoms. The summed E-state index contributed by atoms with van der Waals surface area (Å²) in [5.74, 6) is 1.63. The molecule has 156 valence electrons. The lowest BCUT2D eigenvalue weighted by atomic mass is 9.91. The lowest BCUT2D eigenvalue weighted by Crippen LogP contribution is -2.29. The number of methoxy groups -OCH3 is 1. The minimum Gasteiger partial charge on any atom is -0.497 e. The summed E-state index contributed by atoms with van der Waals surface area (Å²) >= 11 is 0. The van der Waals surface area contributed by atoms with Crippen molar-refractivity contribution in [3.05, 3.63) is 108 Å². The number of hydrogen-bond acceptors (Lipinski definition) is 3. The van der Waals surface area contributed by atoms with E-state index < -0.39 is 0 Å². The molecule has 0 fully saturated rings. The number of hydrogen-bond donors (Lipinski definition) is 0. The first-order chi connectivity index (χ1) is 14.6. The van der Waals surface area contributed by atoms with E-state index in [4.69, 9.17) is 14.2 Å². The van der Waals surface area contributed by atoms with E-state index in [1.165, 1.54) is 5.56 Å². The van der Waals surface area contributed by atoms with Gasteiger partial charge in [-0.1, -0.05) is 79.7 Å². The summed E-state index contributed by atoms with van der Waals surface area (Å²) in [7, 11) is 1.65. The second-order valence-corrected chi connectivity index (χ2v) is 7.48. The Hall–Kier alpha value is -3.04. The van der Waals surface area contributed by atoms with E-state index in [2.05, 4.69) is 56.8 Å². The monoisotopic (exact) mass is 402 g/mol. The molecule has 3 heteroatoms. The summed E-state index contributed by atoms with van der Waals surface area (Å²) in [4.78, 5) is 0. The number of rotatable bonds is 10. The van der Waals surface area contributed by atoms with Crippen molar-refractivity contribution >= 4 is 0 Å². The first-order valence-corrected chi connectivity index (χ1v) is 10.3. The van der Waals surface area contributed by atoms with Crippen molar-refractivity contribution in [1.29, 1.82) is 0 Å². The molecule has 0 N–H and O–H groups in total. The summed E-state index contributed by atoms with van der Waals surface area (Å²) in [5, 5.41) is 0. The fourth-order valence-corrected chi connectivity index (χ4v) is 3.42. The van der Waals surface area contributed by atoms with E-state index in [-0.39, 0.29) is 18.1 Å². The van der Waals surface area contributed by atoms with Gasteiger partial charge in [0.1, 0.15) is 17.6 Å². The third-order valence-electron chi connectivity index (χ3n) is 5.24. The maximum absolute atomic E-state index is 6.43. The summed E-state index contributed by atoms with van der Waals surface area (Å²) in [6.45, 7) is 8.79. The summed E-state index contributed by atoms with van der Waals surface area (Å²) in [5.41, 5.74) is 3.50. The molecule has 3 aromatic carbocycles. The van der Waals surface area contributed by atoms with Gasteiger partial charge in [0, 0.05) is 5.92 Å². The van der Waals surface area contributed by atoms with E-state index in [1.807, 2.05) is 48.5 Å². The van der Waals surface area contributed by atoms with Gasteiger partial charge in [-0.25, -0.2) is 0 Å². The van der Waals surface area contributed by atoms with E-state index in [0.717, 1.165) is 22.6 Å². The number of aryl methyl sites for hydroxylation is 1. The molecule has 3 aromatic rings. The SMILES string of the molecule is C=C[C@@H](Oc1ccc(OC)cc1)[C@@H](C)[C@@H](OCc1ccccc1)c1ccc(C)cc1. The largest absolute Gasteiger partial charge is 0.497 e. The summed E-state index contributed by atoms with van der Waals surface area (Å²) < 4.78 is 17.9. The third kappa shape index (κ3) is 5.74. The molecule has 3 rings (SSSR count). The van der Waals surface area contributed by atoms with Crippen LogP contribution in [0.1, 0.15) is 29.7 Å². The van der Waals surface area contributed by atoms with Crippen LogP contribution in [0.4, 0.5) is 0 Å². The Balaban J connectivity index is 1.79. The molecule has 0 unspecified atom stereocenters. The average molecular weight is 403 g/mol. The van der Waals surface area contributed by atoms with Gasteiger partial charge in [0.25, 0.3) is 0 Å². The molecule has 0 heterocycles. The van der Waals surface area contributed by atoms with Gasteiger partial charge in [-0.3, -0.25) is 0 Å². The Morgan fingerprint density at radius 3 is 2.10 bits per heavy atom. The van der Waals surface area contributed by atoms with Gasteiger partial charge >= 0.3 is 0 Å². The van der Waals surface area contributed by atoms with Crippen molar-refractivity contribution in [1.82, 2.24) is 0 Å². The molecule has 0 spiro atoms.